The number of hydrogen-bond acceptors (Lipinski definition) is 4. The zero-order valence-electron chi connectivity index (χ0n) is 16.1. The number of urea groups is 1. The number of aryl methyl sites for hydroxylation is 1. The average Bonchev–Trinajstić information content (AvgIpc) is 2.73. The molecule has 3 rings (SSSR count). The maximum Gasteiger partial charge on any atom is 0.321 e. The number of nitrogens with zero attached hydrogens (tertiary/aromatic N) is 2. The Bertz CT molecular complexity index is 638. The van der Waals surface area contributed by atoms with E-state index < -0.39 is 0 Å². The third-order valence-corrected chi connectivity index (χ3v) is 5.47. The molecule has 2 aliphatic rings. The highest BCUT2D eigenvalue weighted by atomic mass is 16.5. The van der Waals surface area contributed by atoms with E-state index in [1.807, 2.05) is 29.2 Å². The second-order valence-corrected chi connectivity index (χ2v) is 7.13. The van der Waals surface area contributed by atoms with E-state index in [2.05, 4.69) is 15.5 Å². The lowest BCUT2D eigenvalue weighted by Gasteiger charge is -2.40. The van der Waals surface area contributed by atoms with Crippen molar-refractivity contribution in [1.82, 2.24) is 15.1 Å². The standard InChI is InChI=1S/C20H30N4O3/c1-21-19(25)7-6-16-4-2-3-5-18(16)22-20(26)24-12-10-23(11-13-24)17-8-14-27-15-9-17/h2-5,17H,6-15H2,1H3,(H,21,25)(H,22,26). The number of benzene rings is 1. The predicted molar refractivity (Wildman–Crippen MR) is 105 cm³/mol. The van der Waals surface area contributed by atoms with Gasteiger partial charge < -0.3 is 20.3 Å². The molecule has 2 N–H and O–H groups in total. The monoisotopic (exact) mass is 374 g/mol. The molecular weight excluding hydrogens is 344 g/mol. The molecule has 0 bridgehead atoms. The summed E-state index contributed by atoms with van der Waals surface area (Å²) in [5.74, 6) is 0.000337. The van der Waals surface area contributed by atoms with Crippen LogP contribution in [-0.4, -0.2) is 74.2 Å². The highest BCUT2D eigenvalue weighted by Gasteiger charge is 2.27. The summed E-state index contributed by atoms with van der Waals surface area (Å²) in [6, 6.07) is 8.23. The number of ether oxygens (including phenoxy) is 1. The van der Waals surface area contributed by atoms with Gasteiger partial charge in [-0.25, -0.2) is 4.79 Å². The average molecular weight is 374 g/mol. The van der Waals surface area contributed by atoms with Crippen molar-refractivity contribution in [3.63, 3.8) is 0 Å². The highest BCUT2D eigenvalue weighted by molar-refractivity contribution is 5.90. The van der Waals surface area contributed by atoms with E-state index in [9.17, 15) is 9.59 Å². The molecule has 2 fully saturated rings. The molecule has 148 valence electrons. The van der Waals surface area contributed by atoms with Gasteiger partial charge in [0.1, 0.15) is 0 Å². The van der Waals surface area contributed by atoms with Gasteiger partial charge in [0.25, 0.3) is 0 Å². The van der Waals surface area contributed by atoms with Crippen molar-refractivity contribution in [3.05, 3.63) is 29.8 Å². The summed E-state index contributed by atoms with van der Waals surface area (Å²) in [6.07, 6.45) is 3.19. The highest BCUT2D eigenvalue weighted by Crippen LogP contribution is 2.19. The molecule has 3 amide bonds. The number of piperazine rings is 1. The van der Waals surface area contributed by atoms with Crippen LogP contribution >= 0.6 is 0 Å². The largest absolute Gasteiger partial charge is 0.381 e. The number of rotatable bonds is 5. The second-order valence-electron chi connectivity index (χ2n) is 7.13. The van der Waals surface area contributed by atoms with E-state index in [0.717, 1.165) is 63.5 Å². The molecule has 2 heterocycles. The third kappa shape index (κ3) is 5.43. The van der Waals surface area contributed by atoms with Crippen molar-refractivity contribution in [1.29, 1.82) is 0 Å². The van der Waals surface area contributed by atoms with E-state index in [-0.39, 0.29) is 11.9 Å². The number of nitrogens with one attached hydrogen (secondary N) is 2. The molecule has 1 aromatic rings. The zero-order valence-corrected chi connectivity index (χ0v) is 16.1. The van der Waals surface area contributed by atoms with E-state index in [1.54, 1.807) is 7.05 Å². The Labute approximate surface area is 161 Å². The SMILES string of the molecule is CNC(=O)CCc1ccccc1NC(=O)N1CCN(C2CCOCC2)CC1. The van der Waals surface area contributed by atoms with Crippen LogP contribution in [-0.2, 0) is 16.0 Å². The molecule has 0 saturated carbocycles. The van der Waals surface area contributed by atoms with E-state index in [1.165, 1.54) is 0 Å². The Kier molecular flexibility index (Phi) is 7.06. The Hall–Kier alpha value is -2.12. The van der Waals surface area contributed by atoms with Crippen LogP contribution in [0.15, 0.2) is 24.3 Å². The van der Waals surface area contributed by atoms with Gasteiger partial charge in [-0.2, -0.15) is 0 Å². The topological polar surface area (TPSA) is 73.9 Å². The summed E-state index contributed by atoms with van der Waals surface area (Å²) in [6.45, 7) is 5.00. The van der Waals surface area contributed by atoms with Gasteiger partial charge in [0.05, 0.1) is 0 Å². The first-order valence-electron chi connectivity index (χ1n) is 9.83. The van der Waals surface area contributed by atoms with Crippen LogP contribution in [0.4, 0.5) is 10.5 Å². The van der Waals surface area contributed by atoms with Gasteiger partial charge in [0.2, 0.25) is 5.91 Å². The van der Waals surface area contributed by atoms with Crippen LogP contribution in [0.25, 0.3) is 0 Å². The molecule has 0 unspecified atom stereocenters. The van der Waals surface area contributed by atoms with Crippen molar-refractivity contribution in [2.45, 2.75) is 31.7 Å². The summed E-state index contributed by atoms with van der Waals surface area (Å²) >= 11 is 0. The minimum absolute atomic E-state index is 0.000337. The Morgan fingerprint density at radius 3 is 2.52 bits per heavy atom. The Balaban J connectivity index is 1.51. The van der Waals surface area contributed by atoms with Crippen LogP contribution in [0.1, 0.15) is 24.8 Å². The minimum atomic E-state index is -0.0611. The first-order chi connectivity index (χ1) is 13.2. The second kappa shape index (κ2) is 9.71. The van der Waals surface area contributed by atoms with Crippen molar-refractivity contribution < 1.29 is 14.3 Å². The molecule has 7 nitrogen and oxygen atoms in total. The first kappa shape index (κ1) is 19.6. The minimum Gasteiger partial charge on any atom is -0.381 e. The van der Waals surface area contributed by atoms with Crippen LogP contribution in [0, 0.1) is 0 Å². The van der Waals surface area contributed by atoms with E-state index >= 15 is 0 Å². The molecule has 0 atom stereocenters. The number of anilines is 1. The summed E-state index contributed by atoms with van der Waals surface area (Å²) < 4.78 is 5.44. The van der Waals surface area contributed by atoms with Crippen molar-refractivity contribution in [3.8, 4) is 0 Å². The number of carbonyl (C=O) groups is 2. The number of amides is 3. The van der Waals surface area contributed by atoms with E-state index in [0.29, 0.717) is 18.9 Å². The lowest BCUT2D eigenvalue weighted by Crippen LogP contribution is -2.53. The predicted octanol–water partition coefficient (Wildman–Crippen LogP) is 1.69. The molecule has 1 aromatic carbocycles. The molecule has 2 saturated heterocycles. The fourth-order valence-corrected chi connectivity index (χ4v) is 3.77. The Morgan fingerprint density at radius 1 is 1.11 bits per heavy atom. The molecule has 7 heteroatoms. The Morgan fingerprint density at radius 2 is 1.81 bits per heavy atom. The quantitative estimate of drug-likeness (QED) is 0.823. The van der Waals surface area contributed by atoms with Gasteiger partial charge in [-0.15, -0.1) is 0 Å². The van der Waals surface area contributed by atoms with Crippen molar-refractivity contribution >= 4 is 17.6 Å². The smallest absolute Gasteiger partial charge is 0.321 e. The molecule has 27 heavy (non-hydrogen) atoms. The van der Waals surface area contributed by atoms with Gasteiger partial charge in [0, 0.05) is 64.6 Å². The van der Waals surface area contributed by atoms with E-state index in [4.69, 9.17) is 4.74 Å². The summed E-state index contributed by atoms with van der Waals surface area (Å²) in [5, 5.41) is 5.66. The fraction of sp³-hybridized carbons (Fsp3) is 0.600. The van der Waals surface area contributed by atoms with Crippen LogP contribution in [0.5, 0.6) is 0 Å². The number of para-hydroxylation sites is 1. The normalized spacial score (nSPS) is 18.9. The van der Waals surface area contributed by atoms with Crippen molar-refractivity contribution in [2.75, 3.05) is 51.8 Å². The first-order valence-corrected chi connectivity index (χ1v) is 9.83. The van der Waals surface area contributed by atoms with Gasteiger partial charge in [-0.3, -0.25) is 9.69 Å². The number of hydrogen-bond donors (Lipinski definition) is 2. The van der Waals surface area contributed by atoms with Gasteiger partial charge in [-0.1, -0.05) is 18.2 Å². The van der Waals surface area contributed by atoms with Crippen LogP contribution in [0.2, 0.25) is 0 Å². The summed E-state index contributed by atoms with van der Waals surface area (Å²) in [7, 11) is 1.63. The van der Waals surface area contributed by atoms with Gasteiger partial charge in [-0.05, 0) is 30.9 Å². The maximum absolute atomic E-state index is 12.7. The van der Waals surface area contributed by atoms with Crippen LogP contribution in [0.3, 0.4) is 0 Å². The zero-order chi connectivity index (χ0) is 19.1. The lowest BCUT2D eigenvalue weighted by molar-refractivity contribution is -0.120. The number of carbonyl (C=O) groups excluding carboxylic acids is 2. The van der Waals surface area contributed by atoms with Gasteiger partial charge >= 0.3 is 6.03 Å². The molecule has 0 spiro atoms. The third-order valence-electron chi connectivity index (χ3n) is 5.47. The lowest BCUT2D eigenvalue weighted by atomic mass is 10.1. The molecule has 0 aliphatic carbocycles. The maximum atomic E-state index is 12.7. The van der Waals surface area contributed by atoms with Crippen molar-refractivity contribution in [2.24, 2.45) is 0 Å². The van der Waals surface area contributed by atoms with Gasteiger partial charge in [0.15, 0.2) is 0 Å². The summed E-state index contributed by atoms with van der Waals surface area (Å²) in [4.78, 5) is 28.6. The fourth-order valence-electron chi connectivity index (χ4n) is 3.77. The molecular formula is C20H30N4O3. The molecule has 0 aromatic heterocycles. The van der Waals surface area contributed by atoms with Crippen LogP contribution < -0.4 is 10.6 Å². The molecule has 2 aliphatic heterocycles. The molecule has 0 radical (unpaired) electrons. The summed E-state index contributed by atoms with van der Waals surface area (Å²) in [5.41, 5.74) is 1.77.